The molecule has 0 fully saturated rings. The van der Waals surface area contributed by atoms with Crippen LogP contribution in [0, 0.1) is 0 Å². The van der Waals surface area contributed by atoms with Crippen molar-refractivity contribution >= 4 is 11.7 Å². The highest BCUT2D eigenvalue weighted by molar-refractivity contribution is 5.98. The zero-order chi connectivity index (χ0) is 12.8. The number of carbonyl (C=O) groups is 1. The van der Waals surface area contributed by atoms with Crippen LogP contribution in [-0.4, -0.2) is 32.6 Å². The van der Waals surface area contributed by atoms with Crippen LogP contribution in [-0.2, 0) is 6.42 Å². The molecule has 0 aromatic carbocycles. The molecule has 0 saturated heterocycles. The largest absolute Gasteiger partial charge is 0.351 e. The normalized spacial score (nSPS) is 10.1. The van der Waals surface area contributed by atoms with Gasteiger partial charge in [-0.1, -0.05) is 0 Å². The number of aromatic amines is 1. The summed E-state index contributed by atoms with van der Waals surface area (Å²) < 4.78 is 0. The molecule has 94 valence electrons. The number of hydrogen-bond acceptors (Lipinski definition) is 6. The molecule has 0 aliphatic heterocycles. The average molecular weight is 247 g/mol. The Morgan fingerprint density at radius 2 is 2.33 bits per heavy atom. The minimum atomic E-state index is -0.240. The van der Waals surface area contributed by atoms with Gasteiger partial charge in [0.15, 0.2) is 5.82 Å². The highest BCUT2D eigenvalue weighted by Crippen LogP contribution is 2.09. The number of nitrogens with zero attached hydrogens (tertiary/aromatic N) is 3. The zero-order valence-corrected chi connectivity index (χ0v) is 9.55. The van der Waals surface area contributed by atoms with Gasteiger partial charge in [-0.2, -0.15) is 5.10 Å². The lowest BCUT2D eigenvalue weighted by Crippen LogP contribution is -2.27. The zero-order valence-electron chi connectivity index (χ0n) is 9.55. The number of pyridine rings is 1. The molecule has 2 aromatic rings. The standard InChI is InChI=1S/C10H13N7O/c11-16-9-7(2-1-4-12-9)10(18)13-5-3-8-14-6-15-17-8/h1-2,4,6H,3,5,11H2,(H,12,16)(H,13,18)(H,14,15,17). The van der Waals surface area contributed by atoms with Gasteiger partial charge in [0.2, 0.25) is 0 Å². The first-order chi connectivity index (χ1) is 8.81. The molecule has 0 aliphatic carbocycles. The fraction of sp³-hybridized carbons (Fsp3) is 0.200. The van der Waals surface area contributed by atoms with Gasteiger partial charge >= 0.3 is 0 Å². The SMILES string of the molecule is NNc1ncccc1C(=O)NCCc1ncn[nH]1. The Kier molecular flexibility index (Phi) is 3.82. The first-order valence-corrected chi connectivity index (χ1v) is 5.35. The molecule has 5 N–H and O–H groups in total. The van der Waals surface area contributed by atoms with Crippen molar-refractivity contribution in [2.75, 3.05) is 12.0 Å². The Morgan fingerprint density at radius 1 is 1.44 bits per heavy atom. The summed E-state index contributed by atoms with van der Waals surface area (Å²) >= 11 is 0. The van der Waals surface area contributed by atoms with Crippen molar-refractivity contribution in [3.8, 4) is 0 Å². The van der Waals surface area contributed by atoms with Gasteiger partial charge in [0, 0.05) is 19.2 Å². The molecule has 0 atom stereocenters. The van der Waals surface area contributed by atoms with Crippen LogP contribution in [0.3, 0.4) is 0 Å². The van der Waals surface area contributed by atoms with Crippen molar-refractivity contribution in [2.24, 2.45) is 5.84 Å². The molecule has 0 spiro atoms. The van der Waals surface area contributed by atoms with E-state index in [4.69, 9.17) is 5.84 Å². The summed E-state index contributed by atoms with van der Waals surface area (Å²) in [4.78, 5) is 19.8. The molecule has 2 heterocycles. The summed E-state index contributed by atoms with van der Waals surface area (Å²) in [6, 6.07) is 3.32. The maximum atomic E-state index is 11.9. The van der Waals surface area contributed by atoms with E-state index in [1.807, 2.05) is 0 Å². The monoisotopic (exact) mass is 247 g/mol. The van der Waals surface area contributed by atoms with E-state index < -0.39 is 0 Å². The lowest BCUT2D eigenvalue weighted by molar-refractivity contribution is 0.0954. The topological polar surface area (TPSA) is 122 Å². The summed E-state index contributed by atoms with van der Waals surface area (Å²) in [5, 5.41) is 9.19. The fourth-order valence-corrected chi connectivity index (χ4v) is 1.44. The second kappa shape index (κ2) is 5.73. The van der Waals surface area contributed by atoms with Crippen LogP contribution < -0.4 is 16.6 Å². The first kappa shape index (κ1) is 12.0. The molecule has 2 rings (SSSR count). The van der Waals surface area contributed by atoms with Crippen LogP contribution in [0.5, 0.6) is 0 Å². The maximum absolute atomic E-state index is 11.9. The predicted octanol–water partition coefficient (Wildman–Crippen LogP) is -0.542. The summed E-state index contributed by atoms with van der Waals surface area (Å²) in [7, 11) is 0. The first-order valence-electron chi connectivity index (χ1n) is 5.35. The van der Waals surface area contributed by atoms with Crippen LogP contribution in [0.2, 0.25) is 0 Å². The van der Waals surface area contributed by atoms with Crippen LogP contribution >= 0.6 is 0 Å². The van der Waals surface area contributed by atoms with E-state index in [0.29, 0.717) is 24.3 Å². The highest BCUT2D eigenvalue weighted by atomic mass is 16.1. The summed E-state index contributed by atoms with van der Waals surface area (Å²) in [6.45, 7) is 0.451. The number of nitrogens with one attached hydrogen (secondary N) is 3. The van der Waals surface area contributed by atoms with Gasteiger partial charge < -0.3 is 10.7 Å². The average Bonchev–Trinajstić information content (AvgIpc) is 2.91. The quantitative estimate of drug-likeness (QED) is 0.416. The molecule has 8 heteroatoms. The Bertz CT molecular complexity index is 511. The number of aromatic nitrogens is 4. The Hall–Kier alpha value is -2.48. The van der Waals surface area contributed by atoms with E-state index in [0.717, 1.165) is 5.82 Å². The molecule has 2 aromatic heterocycles. The van der Waals surface area contributed by atoms with E-state index in [9.17, 15) is 4.79 Å². The van der Waals surface area contributed by atoms with Gasteiger partial charge in [-0.3, -0.25) is 9.89 Å². The van der Waals surface area contributed by atoms with Crippen LogP contribution in [0.15, 0.2) is 24.7 Å². The second-order valence-electron chi connectivity index (χ2n) is 3.48. The van der Waals surface area contributed by atoms with Gasteiger partial charge in [0.25, 0.3) is 5.91 Å². The second-order valence-corrected chi connectivity index (χ2v) is 3.48. The summed E-state index contributed by atoms with van der Waals surface area (Å²) in [6.07, 6.45) is 3.56. The van der Waals surface area contributed by atoms with Crippen molar-refractivity contribution in [2.45, 2.75) is 6.42 Å². The van der Waals surface area contributed by atoms with Crippen LogP contribution in [0.1, 0.15) is 16.2 Å². The van der Waals surface area contributed by atoms with Gasteiger partial charge in [-0.05, 0) is 12.1 Å². The van der Waals surface area contributed by atoms with Gasteiger partial charge in [-0.15, -0.1) is 0 Å². The number of nitrogen functional groups attached to an aromatic ring is 1. The molecule has 18 heavy (non-hydrogen) atoms. The number of hydrazine groups is 1. The number of rotatable bonds is 5. The van der Waals surface area contributed by atoms with E-state index in [-0.39, 0.29) is 5.91 Å². The van der Waals surface area contributed by atoms with E-state index >= 15 is 0 Å². The predicted molar refractivity (Wildman–Crippen MR) is 64.5 cm³/mol. The smallest absolute Gasteiger partial charge is 0.255 e. The van der Waals surface area contributed by atoms with Crippen LogP contribution in [0.4, 0.5) is 5.82 Å². The minimum Gasteiger partial charge on any atom is -0.351 e. The fourth-order valence-electron chi connectivity index (χ4n) is 1.44. The molecule has 0 saturated carbocycles. The van der Waals surface area contributed by atoms with Gasteiger partial charge in [0.05, 0.1) is 5.56 Å². The number of carbonyl (C=O) groups excluding carboxylic acids is 1. The molecule has 0 aliphatic rings. The highest BCUT2D eigenvalue weighted by Gasteiger charge is 2.10. The van der Waals surface area contributed by atoms with E-state index in [2.05, 4.69) is 30.9 Å². The van der Waals surface area contributed by atoms with Crippen molar-refractivity contribution in [3.63, 3.8) is 0 Å². The maximum Gasteiger partial charge on any atom is 0.255 e. The summed E-state index contributed by atoms with van der Waals surface area (Å²) in [5.74, 6) is 6.10. The lowest BCUT2D eigenvalue weighted by Gasteiger charge is -2.07. The lowest BCUT2D eigenvalue weighted by atomic mass is 10.2. The Balaban J connectivity index is 1.91. The third kappa shape index (κ3) is 2.80. The number of nitrogens with two attached hydrogens (primary N) is 1. The third-order valence-corrected chi connectivity index (χ3v) is 2.30. The molecule has 1 amide bonds. The minimum absolute atomic E-state index is 0.240. The number of anilines is 1. The van der Waals surface area contributed by atoms with Crippen molar-refractivity contribution < 1.29 is 4.79 Å². The van der Waals surface area contributed by atoms with E-state index in [1.54, 1.807) is 18.3 Å². The van der Waals surface area contributed by atoms with Crippen molar-refractivity contribution in [1.29, 1.82) is 0 Å². The molecule has 0 radical (unpaired) electrons. The van der Waals surface area contributed by atoms with Crippen molar-refractivity contribution in [1.82, 2.24) is 25.5 Å². The van der Waals surface area contributed by atoms with Gasteiger partial charge in [-0.25, -0.2) is 15.8 Å². The summed E-state index contributed by atoms with van der Waals surface area (Å²) in [5.41, 5.74) is 2.78. The number of hydrogen-bond donors (Lipinski definition) is 4. The molecule has 0 bridgehead atoms. The molecular formula is C10H13N7O. The van der Waals surface area contributed by atoms with E-state index in [1.165, 1.54) is 6.33 Å². The molecule has 8 nitrogen and oxygen atoms in total. The molecular weight excluding hydrogens is 234 g/mol. The van der Waals surface area contributed by atoms with Gasteiger partial charge in [0.1, 0.15) is 12.2 Å². The number of H-pyrrole nitrogens is 1. The van der Waals surface area contributed by atoms with Crippen molar-refractivity contribution in [3.05, 3.63) is 36.0 Å². The third-order valence-electron chi connectivity index (χ3n) is 2.30. The van der Waals surface area contributed by atoms with Crippen LogP contribution in [0.25, 0.3) is 0 Å². The Labute approximate surface area is 103 Å². The Morgan fingerprint density at radius 3 is 3.06 bits per heavy atom. The molecule has 0 unspecified atom stereocenters. The number of amides is 1.